The fraction of sp³-hybridized carbons (Fsp3) is 0.429. The van der Waals surface area contributed by atoms with Crippen LogP contribution in [0.25, 0.3) is 0 Å². The van der Waals surface area contributed by atoms with Crippen molar-refractivity contribution in [2.75, 3.05) is 4.90 Å². The first-order valence-electron chi connectivity index (χ1n) is 6.34. The maximum Gasteiger partial charge on any atom is 0.421 e. The molecule has 9 heteroatoms. The summed E-state index contributed by atoms with van der Waals surface area (Å²) >= 11 is 11.6. The zero-order valence-corrected chi connectivity index (χ0v) is 14.2. The summed E-state index contributed by atoms with van der Waals surface area (Å²) in [5.74, 6) is -0.803. The second-order valence-electron chi connectivity index (χ2n) is 5.62. The summed E-state index contributed by atoms with van der Waals surface area (Å²) in [6.07, 6.45) is -5.76. The van der Waals surface area contributed by atoms with Gasteiger partial charge in [0.1, 0.15) is 5.60 Å². The normalized spacial score (nSPS) is 12.0. The van der Waals surface area contributed by atoms with Gasteiger partial charge in [-0.1, -0.05) is 23.2 Å². The Morgan fingerprint density at radius 1 is 1.09 bits per heavy atom. The van der Waals surface area contributed by atoms with Crippen LogP contribution in [0.1, 0.15) is 33.3 Å². The summed E-state index contributed by atoms with van der Waals surface area (Å²) in [5, 5.41) is -0.989. The van der Waals surface area contributed by atoms with E-state index in [4.69, 9.17) is 27.9 Å². The topological polar surface area (TPSA) is 46.6 Å². The summed E-state index contributed by atoms with van der Waals surface area (Å²) in [6, 6.07) is 1.17. The van der Waals surface area contributed by atoms with Crippen LogP contribution in [0, 0.1) is 0 Å². The summed E-state index contributed by atoms with van der Waals surface area (Å²) in [4.78, 5) is 24.4. The number of benzene rings is 1. The number of hydrogen-bond acceptors (Lipinski definition) is 3. The third-order valence-corrected chi connectivity index (χ3v) is 3.04. The van der Waals surface area contributed by atoms with E-state index in [0.717, 1.165) is 6.92 Å². The van der Waals surface area contributed by atoms with Crippen molar-refractivity contribution in [3.8, 4) is 0 Å². The van der Waals surface area contributed by atoms with Gasteiger partial charge in [0.05, 0.1) is 21.3 Å². The lowest BCUT2D eigenvalue weighted by atomic mass is 10.2. The highest BCUT2D eigenvalue weighted by molar-refractivity contribution is 6.41. The molecular weight excluding hydrogens is 358 g/mol. The molecule has 1 rings (SSSR count). The molecule has 0 spiro atoms. The molecule has 0 aliphatic heterocycles. The number of alkyl halides is 3. The van der Waals surface area contributed by atoms with Crippen LogP contribution in [0.3, 0.4) is 0 Å². The van der Waals surface area contributed by atoms with E-state index in [0.29, 0.717) is 17.0 Å². The molecule has 2 amide bonds. The van der Waals surface area contributed by atoms with Crippen molar-refractivity contribution in [1.29, 1.82) is 0 Å². The van der Waals surface area contributed by atoms with E-state index in [1.807, 2.05) is 0 Å². The maximum atomic E-state index is 12.7. The number of carbonyl (C=O) groups is 2. The molecule has 0 aliphatic carbocycles. The Labute approximate surface area is 141 Å². The molecule has 0 heterocycles. The Morgan fingerprint density at radius 3 is 1.83 bits per heavy atom. The molecule has 0 aliphatic rings. The third-order valence-electron chi connectivity index (χ3n) is 2.46. The minimum Gasteiger partial charge on any atom is -0.443 e. The highest BCUT2D eigenvalue weighted by atomic mass is 35.5. The van der Waals surface area contributed by atoms with Crippen molar-refractivity contribution < 1.29 is 27.5 Å². The van der Waals surface area contributed by atoms with E-state index in [9.17, 15) is 22.8 Å². The molecule has 128 valence electrons. The van der Waals surface area contributed by atoms with Crippen LogP contribution in [0.2, 0.25) is 10.0 Å². The average Bonchev–Trinajstić information content (AvgIpc) is 2.28. The van der Waals surface area contributed by atoms with E-state index >= 15 is 0 Å². The predicted octanol–water partition coefficient (Wildman–Crippen LogP) is 5.30. The minimum absolute atomic E-state index is 0.358. The number of imide groups is 1. The molecule has 0 saturated carbocycles. The lowest BCUT2D eigenvalue weighted by molar-refractivity contribution is -0.137. The molecule has 23 heavy (non-hydrogen) atoms. The Hall–Kier alpha value is -1.47. The number of hydrogen-bond donors (Lipinski definition) is 0. The lowest BCUT2D eigenvalue weighted by Crippen LogP contribution is -2.40. The molecule has 0 saturated heterocycles. The first-order chi connectivity index (χ1) is 10.2. The molecule has 4 nitrogen and oxygen atoms in total. The van der Waals surface area contributed by atoms with E-state index in [1.165, 1.54) is 0 Å². The van der Waals surface area contributed by atoms with Crippen LogP contribution >= 0.6 is 23.2 Å². The summed E-state index contributed by atoms with van der Waals surface area (Å²) in [5.41, 5.74) is -2.37. The number of ether oxygens (including phenoxy) is 1. The second-order valence-corrected chi connectivity index (χ2v) is 6.44. The molecule has 0 bridgehead atoms. The highest BCUT2D eigenvalue weighted by Gasteiger charge is 2.35. The van der Waals surface area contributed by atoms with Crippen LogP contribution < -0.4 is 4.90 Å². The SMILES string of the molecule is CC(=O)N(C(=O)OC(C)(C)C)c1c(Cl)cc(C(F)(F)F)cc1Cl. The first-order valence-corrected chi connectivity index (χ1v) is 7.09. The van der Waals surface area contributed by atoms with E-state index in [-0.39, 0.29) is 5.69 Å². The van der Waals surface area contributed by atoms with Gasteiger partial charge in [0.2, 0.25) is 5.91 Å². The van der Waals surface area contributed by atoms with Gasteiger partial charge < -0.3 is 4.74 Å². The largest absolute Gasteiger partial charge is 0.443 e. The van der Waals surface area contributed by atoms with Crippen LogP contribution in [0.15, 0.2) is 12.1 Å². The third kappa shape index (κ3) is 5.00. The van der Waals surface area contributed by atoms with Gasteiger partial charge in [-0.2, -0.15) is 13.2 Å². The van der Waals surface area contributed by atoms with Gasteiger partial charge in [0.15, 0.2) is 0 Å². The van der Waals surface area contributed by atoms with Crippen molar-refractivity contribution in [3.05, 3.63) is 27.7 Å². The Kier molecular flexibility index (Phi) is 5.59. The molecule has 1 aromatic rings. The molecule has 0 unspecified atom stereocenters. The second kappa shape index (κ2) is 6.57. The molecule has 0 N–H and O–H groups in total. The fourth-order valence-electron chi connectivity index (χ4n) is 1.63. The zero-order valence-electron chi connectivity index (χ0n) is 12.7. The Balaban J connectivity index is 3.40. The molecule has 1 aromatic carbocycles. The van der Waals surface area contributed by atoms with Crippen molar-refractivity contribution in [3.63, 3.8) is 0 Å². The molecule has 0 fully saturated rings. The van der Waals surface area contributed by atoms with E-state index < -0.39 is 39.4 Å². The van der Waals surface area contributed by atoms with Gasteiger partial charge >= 0.3 is 12.3 Å². The lowest BCUT2D eigenvalue weighted by Gasteiger charge is -2.26. The van der Waals surface area contributed by atoms with Gasteiger partial charge in [0.25, 0.3) is 0 Å². The molecule has 0 radical (unpaired) electrons. The van der Waals surface area contributed by atoms with Crippen molar-refractivity contribution in [1.82, 2.24) is 0 Å². The maximum absolute atomic E-state index is 12.7. The number of anilines is 1. The number of nitrogens with zero attached hydrogens (tertiary/aromatic N) is 1. The fourth-order valence-corrected chi connectivity index (χ4v) is 2.28. The van der Waals surface area contributed by atoms with Gasteiger partial charge in [-0.3, -0.25) is 4.79 Å². The predicted molar refractivity (Wildman–Crippen MR) is 80.9 cm³/mol. The number of rotatable bonds is 1. The summed E-state index contributed by atoms with van der Waals surface area (Å²) < 4.78 is 43.2. The quantitative estimate of drug-likeness (QED) is 0.672. The van der Waals surface area contributed by atoms with Crippen molar-refractivity contribution >= 4 is 40.9 Å². The van der Waals surface area contributed by atoms with Gasteiger partial charge in [-0.15, -0.1) is 0 Å². The Morgan fingerprint density at radius 2 is 1.52 bits per heavy atom. The van der Waals surface area contributed by atoms with E-state index in [1.54, 1.807) is 20.8 Å². The molecule has 0 aromatic heterocycles. The number of carbonyl (C=O) groups excluding carboxylic acids is 2. The van der Waals surface area contributed by atoms with Gasteiger partial charge in [-0.25, -0.2) is 9.69 Å². The van der Waals surface area contributed by atoms with Gasteiger partial charge in [-0.05, 0) is 32.9 Å². The standard InChI is InChI=1S/C14H14Cl2F3NO3/c1-7(21)20(12(22)23-13(2,3)4)11-9(15)5-8(6-10(11)16)14(17,18)19/h5-6H,1-4H3. The smallest absolute Gasteiger partial charge is 0.421 e. The number of amides is 2. The first kappa shape index (κ1) is 19.6. The van der Waals surface area contributed by atoms with Gasteiger partial charge in [0, 0.05) is 6.92 Å². The number of halogens is 5. The average molecular weight is 372 g/mol. The zero-order chi connectivity index (χ0) is 18.2. The van der Waals surface area contributed by atoms with Crippen LogP contribution in [-0.4, -0.2) is 17.6 Å². The van der Waals surface area contributed by atoms with Crippen LogP contribution in [-0.2, 0) is 15.7 Å². The summed E-state index contributed by atoms with van der Waals surface area (Å²) in [7, 11) is 0. The minimum atomic E-state index is -4.67. The van der Waals surface area contributed by atoms with Crippen molar-refractivity contribution in [2.45, 2.75) is 39.5 Å². The van der Waals surface area contributed by atoms with Crippen molar-refractivity contribution in [2.24, 2.45) is 0 Å². The highest BCUT2D eigenvalue weighted by Crippen LogP contribution is 2.40. The van der Waals surface area contributed by atoms with Crippen LogP contribution in [0.5, 0.6) is 0 Å². The van der Waals surface area contributed by atoms with E-state index in [2.05, 4.69) is 0 Å². The van der Waals surface area contributed by atoms with Crippen LogP contribution in [0.4, 0.5) is 23.7 Å². The Bertz CT molecular complexity index is 616. The monoisotopic (exact) mass is 371 g/mol. The molecule has 0 atom stereocenters. The summed E-state index contributed by atoms with van der Waals surface area (Å²) in [6.45, 7) is 5.74. The molecular formula is C14H14Cl2F3NO3.